The van der Waals surface area contributed by atoms with Crippen molar-refractivity contribution < 1.29 is 13.9 Å². The highest BCUT2D eigenvalue weighted by Gasteiger charge is 2.29. The first-order valence-corrected chi connectivity index (χ1v) is 9.76. The maximum Gasteiger partial charge on any atom is 0.173 e. The minimum absolute atomic E-state index is 0.178. The molecule has 0 aromatic heterocycles. The molecule has 0 radical (unpaired) electrons. The van der Waals surface area contributed by atoms with Crippen LogP contribution in [0.1, 0.15) is 36.4 Å². The molecule has 1 fully saturated rings. The number of likely N-dealkylation sites (tertiary alicyclic amines) is 1. The predicted molar refractivity (Wildman–Crippen MR) is 108 cm³/mol. The Hall–Kier alpha value is -2.34. The van der Waals surface area contributed by atoms with E-state index in [1.165, 1.54) is 6.07 Å². The molecule has 2 aliphatic rings. The third kappa shape index (κ3) is 3.86. The van der Waals surface area contributed by atoms with Crippen molar-refractivity contribution in [1.29, 1.82) is 0 Å². The van der Waals surface area contributed by atoms with Gasteiger partial charge >= 0.3 is 0 Å². The van der Waals surface area contributed by atoms with Crippen LogP contribution in [-0.4, -0.2) is 29.8 Å². The van der Waals surface area contributed by atoms with E-state index in [1.807, 2.05) is 12.1 Å². The molecule has 1 atom stereocenters. The molecule has 2 aromatic carbocycles. The number of benzene rings is 2. The second-order valence-corrected chi connectivity index (χ2v) is 7.39. The lowest BCUT2D eigenvalue weighted by molar-refractivity contribution is 0.296. The Morgan fingerprint density at radius 3 is 2.74 bits per heavy atom. The zero-order valence-corrected chi connectivity index (χ0v) is 16.2. The van der Waals surface area contributed by atoms with E-state index >= 15 is 0 Å². The van der Waals surface area contributed by atoms with Gasteiger partial charge in [-0.15, -0.1) is 0 Å². The summed E-state index contributed by atoms with van der Waals surface area (Å²) in [4.78, 5) is 2.17. The van der Waals surface area contributed by atoms with E-state index in [1.54, 1.807) is 13.0 Å². The molecule has 4 nitrogen and oxygen atoms in total. The van der Waals surface area contributed by atoms with Crippen LogP contribution in [0.2, 0.25) is 0 Å². The lowest BCUT2D eigenvalue weighted by atomic mass is 10.0. The number of nitrogens with zero attached hydrogens (tertiary/aromatic N) is 1. The largest absolute Gasteiger partial charge is 0.490 e. The molecule has 0 amide bonds. The summed E-state index contributed by atoms with van der Waals surface area (Å²) in [7, 11) is 0. The van der Waals surface area contributed by atoms with Gasteiger partial charge in [-0.3, -0.25) is 0 Å². The minimum atomic E-state index is -0.233. The molecule has 6 heteroatoms. The highest BCUT2D eigenvalue weighted by molar-refractivity contribution is 7.80. The molecule has 2 aromatic rings. The van der Waals surface area contributed by atoms with Crippen LogP contribution in [0.5, 0.6) is 11.5 Å². The van der Waals surface area contributed by atoms with E-state index in [-0.39, 0.29) is 11.9 Å². The zero-order valence-electron chi connectivity index (χ0n) is 15.3. The van der Waals surface area contributed by atoms with Gasteiger partial charge in [0.05, 0.1) is 19.3 Å². The fraction of sp³-hybridized carbons (Fsp3) is 0.381. The molecule has 1 N–H and O–H groups in total. The van der Waals surface area contributed by atoms with Gasteiger partial charge in [0.15, 0.2) is 16.6 Å². The van der Waals surface area contributed by atoms with Crippen LogP contribution in [0.25, 0.3) is 0 Å². The van der Waals surface area contributed by atoms with Crippen LogP contribution in [-0.2, 0) is 0 Å². The molecule has 0 spiro atoms. The summed E-state index contributed by atoms with van der Waals surface area (Å²) in [5.41, 5.74) is 2.46. The molecule has 0 aliphatic carbocycles. The average Bonchev–Trinajstić information content (AvgIpc) is 3.04. The molecule has 2 heterocycles. The van der Waals surface area contributed by atoms with Gasteiger partial charge < -0.3 is 19.7 Å². The number of nitrogens with one attached hydrogen (secondary N) is 1. The number of hydrogen-bond donors (Lipinski definition) is 1. The first-order valence-electron chi connectivity index (χ1n) is 9.35. The Bertz CT molecular complexity index is 858. The summed E-state index contributed by atoms with van der Waals surface area (Å²) in [6, 6.07) is 11.4. The molecular weight excluding hydrogens is 363 g/mol. The maximum absolute atomic E-state index is 13.8. The smallest absolute Gasteiger partial charge is 0.173 e. The van der Waals surface area contributed by atoms with Gasteiger partial charge in [-0.2, -0.15) is 0 Å². The van der Waals surface area contributed by atoms with Crippen LogP contribution in [0, 0.1) is 12.7 Å². The molecule has 1 saturated heterocycles. The number of hydrogen-bond acceptors (Lipinski definition) is 3. The molecule has 0 bridgehead atoms. The number of aryl methyl sites for hydroxylation is 1. The molecule has 2 aliphatic heterocycles. The first kappa shape index (κ1) is 18.0. The number of ether oxygens (including phenoxy) is 2. The van der Waals surface area contributed by atoms with Crippen LogP contribution in [0.4, 0.5) is 10.1 Å². The van der Waals surface area contributed by atoms with Crippen molar-refractivity contribution in [2.24, 2.45) is 0 Å². The first-order chi connectivity index (χ1) is 13.1. The van der Waals surface area contributed by atoms with E-state index < -0.39 is 0 Å². The molecule has 27 heavy (non-hydrogen) atoms. The minimum Gasteiger partial charge on any atom is -0.490 e. The lowest BCUT2D eigenvalue weighted by Crippen LogP contribution is -2.34. The molecular formula is C21H23FN2O2S. The van der Waals surface area contributed by atoms with Crippen molar-refractivity contribution in [1.82, 2.24) is 4.90 Å². The highest BCUT2D eigenvalue weighted by atomic mass is 32.1. The highest BCUT2D eigenvalue weighted by Crippen LogP contribution is 2.38. The average molecular weight is 386 g/mol. The van der Waals surface area contributed by atoms with Crippen molar-refractivity contribution in [3.05, 3.63) is 53.3 Å². The summed E-state index contributed by atoms with van der Waals surface area (Å²) in [6.45, 7) is 3.98. The number of anilines is 1. The molecule has 0 unspecified atom stereocenters. The van der Waals surface area contributed by atoms with Crippen molar-refractivity contribution in [2.75, 3.05) is 25.1 Å². The third-order valence-corrected chi connectivity index (χ3v) is 5.43. The summed E-state index contributed by atoms with van der Waals surface area (Å²) < 4.78 is 25.4. The lowest BCUT2D eigenvalue weighted by Gasteiger charge is -2.28. The van der Waals surface area contributed by atoms with Gasteiger partial charge in [-0.05, 0) is 67.4 Å². The van der Waals surface area contributed by atoms with E-state index in [2.05, 4.69) is 22.3 Å². The fourth-order valence-electron chi connectivity index (χ4n) is 3.61. The molecule has 0 saturated carbocycles. The Labute approximate surface area is 164 Å². The number of fused-ring (bicyclic) bond motifs is 1. The summed E-state index contributed by atoms with van der Waals surface area (Å²) in [6.07, 6.45) is 2.97. The molecule has 4 rings (SSSR count). The van der Waals surface area contributed by atoms with E-state index in [4.69, 9.17) is 21.7 Å². The van der Waals surface area contributed by atoms with E-state index in [0.717, 1.165) is 42.9 Å². The Kier molecular flexibility index (Phi) is 5.16. The van der Waals surface area contributed by atoms with E-state index in [0.29, 0.717) is 29.6 Å². The Balaban J connectivity index is 1.52. The normalized spacial score (nSPS) is 18.9. The van der Waals surface area contributed by atoms with Crippen LogP contribution in [0.15, 0.2) is 36.4 Å². The van der Waals surface area contributed by atoms with Crippen LogP contribution >= 0.6 is 12.2 Å². The Morgan fingerprint density at radius 1 is 1.11 bits per heavy atom. The quantitative estimate of drug-likeness (QED) is 0.748. The van der Waals surface area contributed by atoms with Gasteiger partial charge in [-0.25, -0.2) is 4.39 Å². The summed E-state index contributed by atoms with van der Waals surface area (Å²) >= 11 is 5.63. The summed E-state index contributed by atoms with van der Waals surface area (Å²) in [5.74, 6) is 1.37. The topological polar surface area (TPSA) is 33.7 Å². The number of thiocarbonyl (C=S) groups is 1. The Morgan fingerprint density at radius 2 is 1.93 bits per heavy atom. The van der Waals surface area contributed by atoms with Crippen molar-refractivity contribution >= 4 is 23.0 Å². The summed E-state index contributed by atoms with van der Waals surface area (Å²) in [5, 5.41) is 3.80. The predicted octanol–water partition coefficient (Wildman–Crippen LogP) is 4.83. The SMILES string of the molecule is Cc1ccc(NC(=S)N2CCC[C@H]2c2ccc3c(c2)OCCCO3)cc1F. The van der Waals surface area contributed by atoms with Crippen LogP contribution < -0.4 is 14.8 Å². The number of rotatable bonds is 2. The van der Waals surface area contributed by atoms with Gasteiger partial charge in [0.1, 0.15) is 5.82 Å². The van der Waals surface area contributed by atoms with Crippen molar-refractivity contribution in [2.45, 2.75) is 32.2 Å². The van der Waals surface area contributed by atoms with Crippen LogP contribution in [0.3, 0.4) is 0 Å². The standard InChI is InChI=1S/C21H23FN2O2S/c1-14-5-7-16(13-17(14)22)23-21(27)24-9-2-4-18(24)15-6-8-19-20(12-15)26-11-3-10-25-19/h5-8,12-13,18H,2-4,9-11H2,1H3,(H,23,27)/t18-/m0/s1. The zero-order chi connectivity index (χ0) is 18.8. The van der Waals surface area contributed by atoms with E-state index in [9.17, 15) is 4.39 Å². The van der Waals surface area contributed by atoms with Gasteiger partial charge in [-0.1, -0.05) is 12.1 Å². The fourth-order valence-corrected chi connectivity index (χ4v) is 3.95. The van der Waals surface area contributed by atoms with Crippen molar-refractivity contribution in [3.8, 4) is 11.5 Å². The second-order valence-electron chi connectivity index (χ2n) is 7.00. The number of halogens is 1. The monoisotopic (exact) mass is 386 g/mol. The maximum atomic E-state index is 13.8. The van der Waals surface area contributed by atoms with Crippen molar-refractivity contribution in [3.63, 3.8) is 0 Å². The van der Waals surface area contributed by atoms with Gasteiger partial charge in [0, 0.05) is 18.7 Å². The van der Waals surface area contributed by atoms with Gasteiger partial charge in [0.25, 0.3) is 0 Å². The van der Waals surface area contributed by atoms with Gasteiger partial charge in [0.2, 0.25) is 0 Å². The second kappa shape index (κ2) is 7.72. The third-order valence-electron chi connectivity index (χ3n) is 5.09. The molecule has 142 valence electrons.